The van der Waals surface area contributed by atoms with Crippen LogP contribution in [-0.2, 0) is 0 Å². The Hall–Kier alpha value is -2.65. The fourth-order valence-electron chi connectivity index (χ4n) is 2.87. The van der Waals surface area contributed by atoms with Crippen LogP contribution >= 0.6 is 0 Å². The molecule has 124 valence electrons. The summed E-state index contributed by atoms with van der Waals surface area (Å²) in [6, 6.07) is 13.6. The normalized spacial score (nSPS) is 17.3. The van der Waals surface area contributed by atoms with Crippen molar-refractivity contribution in [3.05, 3.63) is 48.2 Å². The quantitative estimate of drug-likeness (QED) is 0.820. The first-order valence-electron chi connectivity index (χ1n) is 8.24. The summed E-state index contributed by atoms with van der Waals surface area (Å²) < 4.78 is 5.70. The highest BCUT2D eigenvalue weighted by Gasteiger charge is 2.20. The Morgan fingerprint density at radius 2 is 2.17 bits per heavy atom. The molecule has 3 rings (SSSR count). The second-order valence-electron chi connectivity index (χ2n) is 5.81. The maximum absolute atomic E-state index is 8.78. The van der Waals surface area contributed by atoms with Crippen molar-refractivity contribution < 1.29 is 4.74 Å². The number of anilines is 1. The first-order chi connectivity index (χ1) is 11.8. The van der Waals surface area contributed by atoms with Gasteiger partial charge < -0.3 is 15.0 Å². The van der Waals surface area contributed by atoms with Gasteiger partial charge in [0.05, 0.1) is 11.6 Å². The number of hydrogen-bond acceptors (Lipinski definition) is 6. The van der Waals surface area contributed by atoms with Crippen LogP contribution in [0.4, 0.5) is 5.82 Å². The number of piperidine rings is 1. The lowest BCUT2D eigenvalue weighted by atomic mass is 10.1. The van der Waals surface area contributed by atoms with E-state index in [0.29, 0.717) is 18.2 Å². The number of nitrogens with one attached hydrogen (secondary N) is 1. The lowest BCUT2D eigenvalue weighted by Gasteiger charge is -2.33. The Balaban J connectivity index is 1.41. The van der Waals surface area contributed by atoms with Crippen LogP contribution in [0.25, 0.3) is 0 Å². The van der Waals surface area contributed by atoms with Gasteiger partial charge in [-0.3, -0.25) is 0 Å². The monoisotopic (exact) mass is 323 g/mol. The predicted octanol–water partition coefficient (Wildman–Crippen LogP) is 1.99. The number of benzene rings is 1. The molecule has 0 bridgehead atoms. The molecule has 0 unspecified atom stereocenters. The predicted molar refractivity (Wildman–Crippen MR) is 91.9 cm³/mol. The Morgan fingerprint density at radius 3 is 2.92 bits per heavy atom. The van der Waals surface area contributed by atoms with Gasteiger partial charge in [-0.1, -0.05) is 0 Å². The number of nitriles is 1. The van der Waals surface area contributed by atoms with Crippen LogP contribution in [-0.4, -0.2) is 42.5 Å². The van der Waals surface area contributed by atoms with E-state index in [1.807, 2.05) is 24.3 Å². The summed E-state index contributed by atoms with van der Waals surface area (Å²) in [5.41, 5.74) is 0.645. The van der Waals surface area contributed by atoms with E-state index in [4.69, 9.17) is 10.00 Å². The summed E-state index contributed by atoms with van der Waals surface area (Å²) >= 11 is 0. The minimum atomic E-state index is 0.435. The summed E-state index contributed by atoms with van der Waals surface area (Å²) in [5, 5.41) is 20.5. The molecule has 1 fully saturated rings. The molecule has 1 saturated heterocycles. The molecule has 1 aromatic heterocycles. The number of ether oxygens (including phenoxy) is 1. The maximum atomic E-state index is 8.78. The second-order valence-corrected chi connectivity index (χ2v) is 5.81. The van der Waals surface area contributed by atoms with E-state index in [9.17, 15) is 0 Å². The molecule has 1 N–H and O–H groups in total. The summed E-state index contributed by atoms with van der Waals surface area (Å²) in [5.74, 6) is 1.73. The molecule has 0 amide bonds. The fraction of sp³-hybridized carbons (Fsp3) is 0.389. The third-order valence-corrected chi connectivity index (χ3v) is 4.09. The van der Waals surface area contributed by atoms with Crippen molar-refractivity contribution >= 4 is 5.82 Å². The third kappa shape index (κ3) is 4.43. The molecule has 2 aromatic rings. The molecule has 0 aliphatic carbocycles. The summed E-state index contributed by atoms with van der Waals surface area (Å²) in [6.07, 6.45) is 4.00. The SMILES string of the molecule is N#Cc1ccc(OCCN[C@H]2CCCN(c3cccnn3)C2)cc1. The van der Waals surface area contributed by atoms with Crippen molar-refractivity contribution in [3.8, 4) is 11.8 Å². The molecule has 1 atom stereocenters. The van der Waals surface area contributed by atoms with Gasteiger partial charge in [-0.25, -0.2) is 0 Å². The van der Waals surface area contributed by atoms with E-state index < -0.39 is 0 Å². The Kier molecular flexibility index (Phi) is 5.59. The second kappa shape index (κ2) is 8.27. The lowest BCUT2D eigenvalue weighted by Crippen LogP contribution is -2.47. The number of aromatic nitrogens is 2. The Bertz CT molecular complexity index is 668. The largest absolute Gasteiger partial charge is 0.492 e. The summed E-state index contributed by atoms with van der Waals surface area (Å²) in [4.78, 5) is 2.27. The van der Waals surface area contributed by atoms with Crippen molar-refractivity contribution in [1.82, 2.24) is 15.5 Å². The third-order valence-electron chi connectivity index (χ3n) is 4.09. The van der Waals surface area contributed by atoms with Gasteiger partial charge >= 0.3 is 0 Å². The van der Waals surface area contributed by atoms with Crippen LogP contribution in [0.3, 0.4) is 0 Å². The zero-order chi connectivity index (χ0) is 16.6. The van der Waals surface area contributed by atoms with Crippen molar-refractivity contribution in [3.63, 3.8) is 0 Å². The van der Waals surface area contributed by atoms with Gasteiger partial charge in [-0.05, 0) is 49.2 Å². The fourth-order valence-corrected chi connectivity index (χ4v) is 2.87. The Labute approximate surface area is 142 Å². The van der Waals surface area contributed by atoms with Crippen molar-refractivity contribution in [1.29, 1.82) is 5.26 Å². The van der Waals surface area contributed by atoms with E-state index in [1.54, 1.807) is 18.3 Å². The molecule has 0 radical (unpaired) electrons. The van der Waals surface area contributed by atoms with Crippen LogP contribution in [0.2, 0.25) is 0 Å². The highest BCUT2D eigenvalue weighted by molar-refractivity contribution is 5.37. The number of rotatable bonds is 6. The minimum Gasteiger partial charge on any atom is -0.492 e. The summed E-state index contributed by atoms with van der Waals surface area (Å²) in [6.45, 7) is 3.36. The molecule has 1 aliphatic rings. The van der Waals surface area contributed by atoms with Crippen molar-refractivity contribution in [2.75, 3.05) is 31.1 Å². The topological polar surface area (TPSA) is 74.1 Å². The van der Waals surface area contributed by atoms with E-state index in [-0.39, 0.29) is 0 Å². The first-order valence-corrected chi connectivity index (χ1v) is 8.24. The highest BCUT2D eigenvalue weighted by atomic mass is 16.5. The molecule has 2 heterocycles. The van der Waals surface area contributed by atoms with E-state index in [1.165, 1.54) is 0 Å². The van der Waals surface area contributed by atoms with Crippen LogP contribution in [0.5, 0.6) is 5.75 Å². The van der Waals surface area contributed by atoms with Gasteiger partial charge in [0.1, 0.15) is 12.4 Å². The molecular formula is C18H21N5O. The smallest absolute Gasteiger partial charge is 0.151 e. The molecular weight excluding hydrogens is 302 g/mol. The average Bonchev–Trinajstić information content (AvgIpc) is 2.67. The first kappa shape index (κ1) is 16.2. The van der Waals surface area contributed by atoms with Crippen LogP contribution in [0.15, 0.2) is 42.6 Å². The summed E-state index contributed by atoms with van der Waals surface area (Å²) in [7, 11) is 0. The van der Waals surface area contributed by atoms with Crippen molar-refractivity contribution in [2.24, 2.45) is 0 Å². The maximum Gasteiger partial charge on any atom is 0.151 e. The van der Waals surface area contributed by atoms with E-state index in [0.717, 1.165) is 44.0 Å². The minimum absolute atomic E-state index is 0.435. The van der Waals surface area contributed by atoms with Crippen molar-refractivity contribution in [2.45, 2.75) is 18.9 Å². The molecule has 1 aromatic carbocycles. The van der Waals surface area contributed by atoms with Crippen LogP contribution < -0.4 is 15.0 Å². The molecule has 0 saturated carbocycles. The van der Waals surface area contributed by atoms with Gasteiger partial charge in [0.15, 0.2) is 5.82 Å². The molecule has 1 aliphatic heterocycles. The zero-order valence-corrected chi connectivity index (χ0v) is 13.6. The standard InChI is InChI=1S/C18H21N5O/c19-13-15-5-7-17(8-6-15)24-12-10-20-16-3-2-11-23(14-16)18-4-1-9-21-22-18/h1,4-9,16,20H,2-3,10-12,14H2/t16-/m0/s1. The number of hydrogen-bond donors (Lipinski definition) is 1. The highest BCUT2D eigenvalue weighted by Crippen LogP contribution is 2.16. The van der Waals surface area contributed by atoms with Gasteiger partial charge in [-0.2, -0.15) is 10.4 Å². The lowest BCUT2D eigenvalue weighted by molar-refractivity contribution is 0.298. The van der Waals surface area contributed by atoms with E-state index >= 15 is 0 Å². The van der Waals surface area contributed by atoms with Gasteiger partial charge in [0.25, 0.3) is 0 Å². The van der Waals surface area contributed by atoms with Gasteiger partial charge in [0, 0.05) is 31.9 Å². The molecule has 0 spiro atoms. The Morgan fingerprint density at radius 1 is 1.29 bits per heavy atom. The van der Waals surface area contributed by atoms with Gasteiger partial charge in [0.2, 0.25) is 0 Å². The molecule has 24 heavy (non-hydrogen) atoms. The molecule has 6 heteroatoms. The van der Waals surface area contributed by atoms with Crippen LogP contribution in [0.1, 0.15) is 18.4 Å². The van der Waals surface area contributed by atoms with E-state index in [2.05, 4.69) is 26.5 Å². The molecule has 6 nitrogen and oxygen atoms in total. The van der Waals surface area contributed by atoms with Gasteiger partial charge in [-0.15, -0.1) is 5.10 Å². The number of nitrogens with zero attached hydrogens (tertiary/aromatic N) is 4. The zero-order valence-electron chi connectivity index (χ0n) is 13.6. The average molecular weight is 323 g/mol. The van der Waals surface area contributed by atoms with Crippen LogP contribution in [0, 0.1) is 11.3 Å².